The second-order valence-electron chi connectivity index (χ2n) is 4.13. The summed E-state index contributed by atoms with van der Waals surface area (Å²) >= 11 is 0. The van der Waals surface area contributed by atoms with Crippen LogP contribution in [0, 0.1) is 11.6 Å². The van der Waals surface area contributed by atoms with Gasteiger partial charge in [0.1, 0.15) is 0 Å². The minimum Gasteiger partial charge on any atom is -0.317 e. The monoisotopic (exact) mass is 292 g/mol. The third kappa shape index (κ3) is 5.52. The number of anilines is 1. The van der Waals surface area contributed by atoms with Gasteiger partial charge in [-0.1, -0.05) is 13.0 Å². The largest absolute Gasteiger partial charge is 0.317 e. The zero-order valence-electron chi connectivity index (χ0n) is 10.7. The Morgan fingerprint density at radius 2 is 1.95 bits per heavy atom. The van der Waals surface area contributed by atoms with Gasteiger partial charge in [-0.15, -0.1) is 0 Å². The molecule has 1 rings (SSSR count). The molecule has 4 nitrogen and oxygen atoms in total. The van der Waals surface area contributed by atoms with Gasteiger partial charge >= 0.3 is 0 Å². The number of hydrogen-bond donors (Lipinski definition) is 2. The third-order valence-corrected chi connectivity index (χ3v) is 3.77. The van der Waals surface area contributed by atoms with Gasteiger partial charge in [0.2, 0.25) is 10.0 Å². The smallest absolute Gasteiger partial charge is 0.232 e. The van der Waals surface area contributed by atoms with Gasteiger partial charge in [-0.25, -0.2) is 17.2 Å². The van der Waals surface area contributed by atoms with Gasteiger partial charge in [0, 0.05) is 0 Å². The van der Waals surface area contributed by atoms with E-state index in [-0.39, 0.29) is 11.4 Å². The Bertz CT molecular complexity index is 506. The summed E-state index contributed by atoms with van der Waals surface area (Å²) in [5.74, 6) is -2.40. The average molecular weight is 292 g/mol. The lowest BCUT2D eigenvalue weighted by Gasteiger charge is -2.09. The molecule has 0 saturated carbocycles. The fourth-order valence-corrected chi connectivity index (χ4v) is 2.61. The molecule has 1 aromatic carbocycles. The lowest BCUT2D eigenvalue weighted by Crippen LogP contribution is -2.23. The lowest BCUT2D eigenvalue weighted by molar-refractivity contribution is 0.511. The third-order valence-electron chi connectivity index (χ3n) is 2.41. The summed E-state index contributed by atoms with van der Waals surface area (Å²) in [7, 11) is -3.66. The highest BCUT2D eigenvalue weighted by molar-refractivity contribution is 7.92. The molecule has 0 radical (unpaired) electrons. The van der Waals surface area contributed by atoms with Crippen molar-refractivity contribution in [2.75, 3.05) is 23.6 Å². The summed E-state index contributed by atoms with van der Waals surface area (Å²) in [4.78, 5) is 0. The maximum atomic E-state index is 13.3. The minimum atomic E-state index is -3.66. The van der Waals surface area contributed by atoms with Crippen LogP contribution in [0.2, 0.25) is 0 Å². The molecule has 0 bridgehead atoms. The van der Waals surface area contributed by atoms with Crippen LogP contribution in [-0.2, 0) is 10.0 Å². The van der Waals surface area contributed by atoms with Gasteiger partial charge in [0.05, 0.1) is 11.4 Å². The molecule has 108 valence electrons. The Morgan fingerprint density at radius 3 is 2.63 bits per heavy atom. The highest BCUT2D eigenvalue weighted by atomic mass is 32.2. The summed E-state index contributed by atoms with van der Waals surface area (Å²) in [6, 6.07) is 3.37. The van der Waals surface area contributed by atoms with Gasteiger partial charge in [-0.05, 0) is 38.1 Å². The van der Waals surface area contributed by atoms with Crippen LogP contribution in [0.4, 0.5) is 14.5 Å². The normalized spacial score (nSPS) is 11.5. The quantitative estimate of drug-likeness (QED) is 0.721. The molecule has 0 amide bonds. The van der Waals surface area contributed by atoms with Crippen molar-refractivity contribution in [1.29, 1.82) is 0 Å². The van der Waals surface area contributed by atoms with E-state index in [1.807, 2.05) is 11.6 Å². The zero-order valence-corrected chi connectivity index (χ0v) is 11.6. The Hall–Kier alpha value is -1.21. The zero-order chi connectivity index (χ0) is 14.3. The van der Waals surface area contributed by atoms with E-state index in [0.29, 0.717) is 13.0 Å². The Morgan fingerprint density at radius 1 is 1.21 bits per heavy atom. The van der Waals surface area contributed by atoms with E-state index in [1.54, 1.807) is 0 Å². The van der Waals surface area contributed by atoms with E-state index in [1.165, 1.54) is 12.1 Å². The van der Waals surface area contributed by atoms with Crippen molar-refractivity contribution in [3.63, 3.8) is 0 Å². The maximum Gasteiger partial charge on any atom is 0.232 e. The summed E-state index contributed by atoms with van der Waals surface area (Å²) < 4.78 is 51.6. The number of benzene rings is 1. The van der Waals surface area contributed by atoms with Crippen LogP contribution >= 0.6 is 0 Å². The van der Waals surface area contributed by atoms with Crippen LogP contribution in [0.15, 0.2) is 18.2 Å². The van der Waals surface area contributed by atoms with Crippen LogP contribution in [0.25, 0.3) is 0 Å². The number of halogens is 2. The molecule has 0 aliphatic carbocycles. The van der Waals surface area contributed by atoms with E-state index in [9.17, 15) is 17.2 Å². The molecule has 7 heteroatoms. The molecule has 0 saturated heterocycles. The number of hydrogen-bond acceptors (Lipinski definition) is 3. The van der Waals surface area contributed by atoms with E-state index < -0.39 is 21.7 Å². The van der Waals surface area contributed by atoms with Crippen molar-refractivity contribution in [2.24, 2.45) is 0 Å². The predicted octanol–water partition coefficient (Wildman–Crippen LogP) is 2.10. The molecule has 0 aliphatic rings. The van der Waals surface area contributed by atoms with Crippen molar-refractivity contribution >= 4 is 15.7 Å². The fourth-order valence-electron chi connectivity index (χ4n) is 1.49. The van der Waals surface area contributed by atoms with Gasteiger partial charge in [0.15, 0.2) is 11.6 Å². The molecule has 0 atom stereocenters. The van der Waals surface area contributed by atoms with Crippen molar-refractivity contribution in [1.82, 2.24) is 5.32 Å². The molecule has 19 heavy (non-hydrogen) atoms. The molecule has 0 heterocycles. The number of sulfonamides is 1. The summed E-state index contributed by atoms with van der Waals surface area (Å²) in [6.45, 7) is 3.41. The van der Waals surface area contributed by atoms with Gasteiger partial charge in [-0.3, -0.25) is 4.72 Å². The van der Waals surface area contributed by atoms with Crippen LogP contribution in [-0.4, -0.2) is 27.3 Å². The first-order valence-electron chi connectivity index (χ1n) is 6.11. The highest BCUT2D eigenvalue weighted by Crippen LogP contribution is 2.17. The average Bonchev–Trinajstić information content (AvgIpc) is 2.34. The highest BCUT2D eigenvalue weighted by Gasteiger charge is 2.14. The van der Waals surface area contributed by atoms with E-state index in [2.05, 4.69) is 5.32 Å². The SMILES string of the molecule is CCCNCCCS(=O)(=O)Nc1cccc(F)c1F. The second kappa shape index (κ2) is 7.40. The van der Waals surface area contributed by atoms with Crippen LogP contribution < -0.4 is 10.0 Å². The van der Waals surface area contributed by atoms with Crippen molar-refractivity contribution < 1.29 is 17.2 Å². The van der Waals surface area contributed by atoms with E-state index >= 15 is 0 Å². The molecular weight excluding hydrogens is 274 g/mol. The number of rotatable bonds is 8. The molecule has 0 spiro atoms. The molecule has 0 unspecified atom stereocenters. The first kappa shape index (κ1) is 15.8. The van der Waals surface area contributed by atoms with Gasteiger partial charge in [-0.2, -0.15) is 0 Å². The van der Waals surface area contributed by atoms with Crippen LogP contribution in [0.3, 0.4) is 0 Å². The van der Waals surface area contributed by atoms with Crippen LogP contribution in [0.5, 0.6) is 0 Å². The molecular formula is C12H18F2N2O2S. The van der Waals surface area contributed by atoms with Crippen LogP contribution in [0.1, 0.15) is 19.8 Å². The lowest BCUT2D eigenvalue weighted by atomic mass is 10.3. The Labute approximate surface area is 112 Å². The topological polar surface area (TPSA) is 58.2 Å². The molecule has 2 N–H and O–H groups in total. The van der Waals surface area contributed by atoms with Gasteiger partial charge in [0.25, 0.3) is 0 Å². The molecule has 0 aliphatic heterocycles. The molecule has 0 aromatic heterocycles. The van der Waals surface area contributed by atoms with Gasteiger partial charge < -0.3 is 5.32 Å². The summed E-state index contributed by atoms with van der Waals surface area (Å²) in [5, 5.41) is 3.07. The van der Waals surface area contributed by atoms with E-state index in [4.69, 9.17) is 0 Å². The van der Waals surface area contributed by atoms with Crippen molar-refractivity contribution in [2.45, 2.75) is 19.8 Å². The second-order valence-corrected chi connectivity index (χ2v) is 5.97. The number of nitrogens with one attached hydrogen (secondary N) is 2. The first-order valence-corrected chi connectivity index (χ1v) is 7.76. The van der Waals surface area contributed by atoms with Crippen molar-refractivity contribution in [3.05, 3.63) is 29.8 Å². The summed E-state index contributed by atoms with van der Waals surface area (Å²) in [5.41, 5.74) is -0.360. The van der Waals surface area contributed by atoms with Crippen molar-refractivity contribution in [3.8, 4) is 0 Å². The Kier molecular flexibility index (Phi) is 6.17. The minimum absolute atomic E-state index is 0.139. The molecule has 1 aromatic rings. The summed E-state index contributed by atoms with van der Waals surface area (Å²) in [6.07, 6.45) is 1.38. The standard InChI is InChI=1S/C12H18F2N2O2S/c1-2-7-15-8-4-9-19(17,18)16-11-6-3-5-10(13)12(11)14/h3,5-6,15-16H,2,4,7-9H2,1H3. The molecule has 0 fully saturated rings. The first-order chi connectivity index (χ1) is 8.96. The Balaban J connectivity index is 2.52. The maximum absolute atomic E-state index is 13.3. The van der Waals surface area contributed by atoms with E-state index in [0.717, 1.165) is 19.0 Å². The fraction of sp³-hybridized carbons (Fsp3) is 0.500. The predicted molar refractivity (Wildman–Crippen MR) is 71.5 cm³/mol.